The van der Waals surface area contributed by atoms with Crippen LogP contribution >= 0.6 is 11.6 Å². The largest absolute Gasteiger partial charge is 0.417 e. The highest BCUT2D eigenvalue weighted by molar-refractivity contribution is 6.31. The van der Waals surface area contributed by atoms with Gasteiger partial charge in [-0.2, -0.15) is 13.2 Å². The number of amides is 2. The molecule has 1 aliphatic rings. The van der Waals surface area contributed by atoms with Crippen molar-refractivity contribution in [1.82, 2.24) is 9.88 Å². The normalized spacial score (nSPS) is 15.5. The van der Waals surface area contributed by atoms with Crippen LogP contribution in [0.3, 0.4) is 0 Å². The van der Waals surface area contributed by atoms with E-state index in [9.17, 15) is 27.5 Å². The second kappa shape index (κ2) is 9.21. The highest BCUT2D eigenvalue weighted by Crippen LogP contribution is 2.36. The standard InChI is InChI=1S/C20H18ClF4N3O3/c21-15-2-1-13(8-14(15)20(23,24)25)27-19(31)28-5-3-11(4-6-28)18-16(22)7-12(9-26-18)17(30)10-29/h1-3,7-9,17,29-30H,4-6,10H2,(H,27,31). The molecule has 0 saturated carbocycles. The van der Waals surface area contributed by atoms with Crippen LogP contribution in [0.25, 0.3) is 5.57 Å². The van der Waals surface area contributed by atoms with Gasteiger partial charge in [0.05, 0.1) is 17.2 Å². The number of aliphatic hydroxyl groups is 2. The smallest absolute Gasteiger partial charge is 0.393 e. The van der Waals surface area contributed by atoms with Crippen LogP contribution in [0.2, 0.25) is 5.02 Å². The van der Waals surface area contributed by atoms with Gasteiger partial charge in [-0.15, -0.1) is 0 Å². The van der Waals surface area contributed by atoms with E-state index in [1.54, 1.807) is 6.08 Å². The average Bonchev–Trinajstić information content (AvgIpc) is 2.73. The number of pyridine rings is 1. The van der Waals surface area contributed by atoms with Crippen molar-refractivity contribution < 1.29 is 32.6 Å². The number of halogens is 5. The van der Waals surface area contributed by atoms with Gasteiger partial charge >= 0.3 is 12.2 Å². The number of carbonyl (C=O) groups is 1. The predicted molar refractivity (Wildman–Crippen MR) is 106 cm³/mol. The molecular formula is C20H18ClF4N3O3. The first kappa shape index (κ1) is 23.0. The third-order valence-electron chi connectivity index (χ3n) is 4.74. The van der Waals surface area contributed by atoms with E-state index in [2.05, 4.69) is 10.3 Å². The van der Waals surface area contributed by atoms with Crippen LogP contribution in [0.1, 0.15) is 29.3 Å². The number of benzene rings is 1. The molecule has 0 radical (unpaired) electrons. The van der Waals surface area contributed by atoms with E-state index in [-0.39, 0.29) is 36.5 Å². The molecule has 1 atom stereocenters. The number of rotatable bonds is 4. The minimum atomic E-state index is -4.65. The van der Waals surface area contributed by atoms with Crippen LogP contribution in [0.5, 0.6) is 0 Å². The van der Waals surface area contributed by atoms with Crippen LogP contribution in [0.15, 0.2) is 36.5 Å². The number of urea groups is 1. The Morgan fingerprint density at radius 1 is 1.32 bits per heavy atom. The fourth-order valence-corrected chi connectivity index (χ4v) is 3.29. The molecule has 3 N–H and O–H groups in total. The molecule has 1 aromatic carbocycles. The Balaban J connectivity index is 1.68. The maximum absolute atomic E-state index is 14.3. The van der Waals surface area contributed by atoms with Crippen molar-refractivity contribution in [2.75, 3.05) is 25.0 Å². The van der Waals surface area contributed by atoms with E-state index < -0.39 is 41.3 Å². The Morgan fingerprint density at radius 3 is 2.65 bits per heavy atom. The van der Waals surface area contributed by atoms with Crippen LogP contribution < -0.4 is 5.32 Å². The zero-order valence-corrected chi connectivity index (χ0v) is 16.7. The van der Waals surface area contributed by atoms with Crippen molar-refractivity contribution in [3.63, 3.8) is 0 Å². The highest BCUT2D eigenvalue weighted by Gasteiger charge is 2.33. The summed E-state index contributed by atoms with van der Waals surface area (Å²) in [6.07, 6.45) is -2.76. The molecule has 2 aromatic rings. The number of aliphatic hydroxyl groups excluding tert-OH is 2. The Morgan fingerprint density at radius 2 is 2.06 bits per heavy atom. The number of aromatic nitrogens is 1. The van der Waals surface area contributed by atoms with Gasteiger partial charge in [0.25, 0.3) is 0 Å². The maximum atomic E-state index is 14.3. The Bertz CT molecular complexity index is 1010. The second-order valence-electron chi connectivity index (χ2n) is 6.85. The number of anilines is 1. The first-order valence-electron chi connectivity index (χ1n) is 9.16. The molecular weight excluding hydrogens is 442 g/mol. The molecule has 166 valence electrons. The van der Waals surface area contributed by atoms with E-state index in [4.69, 9.17) is 16.7 Å². The van der Waals surface area contributed by atoms with E-state index in [0.717, 1.165) is 18.2 Å². The van der Waals surface area contributed by atoms with Crippen molar-refractivity contribution in [3.8, 4) is 0 Å². The molecule has 0 saturated heterocycles. The lowest BCUT2D eigenvalue weighted by molar-refractivity contribution is -0.137. The van der Waals surface area contributed by atoms with Gasteiger partial charge < -0.3 is 20.4 Å². The lowest BCUT2D eigenvalue weighted by Crippen LogP contribution is -2.38. The maximum Gasteiger partial charge on any atom is 0.417 e. The third kappa shape index (κ3) is 5.33. The average molecular weight is 460 g/mol. The van der Waals surface area contributed by atoms with Gasteiger partial charge in [-0.05, 0) is 36.3 Å². The van der Waals surface area contributed by atoms with Crippen LogP contribution in [0, 0.1) is 5.82 Å². The van der Waals surface area contributed by atoms with Crippen molar-refractivity contribution in [3.05, 3.63) is 64.2 Å². The van der Waals surface area contributed by atoms with Gasteiger partial charge in [-0.1, -0.05) is 17.7 Å². The molecule has 2 amide bonds. The van der Waals surface area contributed by atoms with E-state index >= 15 is 0 Å². The Hall–Kier alpha value is -2.69. The summed E-state index contributed by atoms with van der Waals surface area (Å²) in [4.78, 5) is 17.8. The second-order valence-corrected chi connectivity index (χ2v) is 7.25. The fraction of sp³-hybridized carbons (Fsp3) is 0.300. The van der Waals surface area contributed by atoms with E-state index in [1.807, 2.05) is 0 Å². The summed E-state index contributed by atoms with van der Waals surface area (Å²) < 4.78 is 53.3. The molecule has 0 aliphatic carbocycles. The first-order valence-corrected chi connectivity index (χ1v) is 9.54. The molecule has 6 nitrogen and oxygen atoms in total. The quantitative estimate of drug-likeness (QED) is 0.597. The Kier molecular flexibility index (Phi) is 6.83. The number of nitrogens with one attached hydrogen (secondary N) is 1. The number of nitrogens with zero attached hydrogens (tertiary/aromatic N) is 2. The van der Waals surface area contributed by atoms with E-state index in [1.165, 1.54) is 17.2 Å². The molecule has 1 unspecified atom stereocenters. The lowest BCUT2D eigenvalue weighted by Gasteiger charge is -2.27. The SMILES string of the molecule is O=C(Nc1ccc(Cl)c(C(F)(F)F)c1)N1CC=C(c2ncc(C(O)CO)cc2F)CC1. The number of carbonyl (C=O) groups excluding carboxylic acids is 1. The minimum Gasteiger partial charge on any atom is -0.393 e. The summed E-state index contributed by atoms with van der Waals surface area (Å²) in [5.74, 6) is -0.671. The predicted octanol–water partition coefficient (Wildman–Crippen LogP) is 4.24. The van der Waals surface area contributed by atoms with Crippen molar-refractivity contribution >= 4 is 28.9 Å². The van der Waals surface area contributed by atoms with E-state index in [0.29, 0.717) is 5.57 Å². The zero-order chi connectivity index (χ0) is 22.8. The number of hydrogen-bond donors (Lipinski definition) is 3. The summed E-state index contributed by atoms with van der Waals surface area (Å²) in [5.41, 5.74) is -0.340. The molecule has 11 heteroatoms. The van der Waals surface area contributed by atoms with Crippen LogP contribution in [-0.4, -0.2) is 45.8 Å². The lowest BCUT2D eigenvalue weighted by atomic mass is 10.0. The summed E-state index contributed by atoms with van der Waals surface area (Å²) in [6, 6.07) is 3.55. The topological polar surface area (TPSA) is 85.7 Å². The first-order chi connectivity index (χ1) is 14.6. The highest BCUT2D eigenvalue weighted by atomic mass is 35.5. The molecule has 1 aliphatic heterocycles. The fourth-order valence-electron chi connectivity index (χ4n) is 3.07. The molecule has 0 fully saturated rings. The summed E-state index contributed by atoms with van der Waals surface area (Å²) in [5, 5.41) is 20.4. The number of hydrogen-bond acceptors (Lipinski definition) is 4. The van der Waals surface area contributed by atoms with Gasteiger partial charge in [0.1, 0.15) is 17.6 Å². The molecule has 0 spiro atoms. The van der Waals surface area contributed by atoms with Crippen LogP contribution in [0.4, 0.5) is 28.0 Å². The van der Waals surface area contributed by atoms with Gasteiger partial charge in [-0.3, -0.25) is 4.98 Å². The molecule has 0 bridgehead atoms. The van der Waals surface area contributed by atoms with Gasteiger partial charge in [0.2, 0.25) is 0 Å². The molecule has 2 heterocycles. The van der Waals surface area contributed by atoms with Gasteiger partial charge in [0, 0.05) is 30.5 Å². The van der Waals surface area contributed by atoms with Crippen molar-refractivity contribution in [1.29, 1.82) is 0 Å². The molecule has 3 rings (SSSR count). The summed E-state index contributed by atoms with van der Waals surface area (Å²) >= 11 is 5.57. The van der Waals surface area contributed by atoms with Crippen molar-refractivity contribution in [2.24, 2.45) is 0 Å². The number of alkyl halides is 3. The Labute approximate surface area is 179 Å². The summed E-state index contributed by atoms with van der Waals surface area (Å²) in [6.45, 7) is -0.270. The summed E-state index contributed by atoms with van der Waals surface area (Å²) in [7, 11) is 0. The van der Waals surface area contributed by atoms with Gasteiger partial charge in [0.15, 0.2) is 0 Å². The zero-order valence-electron chi connectivity index (χ0n) is 16.0. The van der Waals surface area contributed by atoms with Crippen LogP contribution in [-0.2, 0) is 6.18 Å². The minimum absolute atomic E-state index is 0.0535. The monoisotopic (exact) mass is 459 g/mol. The molecule has 31 heavy (non-hydrogen) atoms. The third-order valence-corrected chi connectivity index (χ3v) is 5.07. The molecule has 1 aromatic heterocycles. The van der Waals surface area contributed by atoms with Crippen molar-refractivity contribution in [2.45, 2.75) is 18.7 Å². The van der Waals surface area contributed by atoms with Gasteiger partial charge in [-0.25, -0.2) is 9.18 Å².